The number of aromatic nitrogens is 3. The van der Waals surface area contributed by atoms with Crippen molar-refractivity contribution < 1.29 is 4.74 Å². The summed E-state index contributed by atoms with van der Waals surface area (Å²) >= 11 is 3.55. The zero-order valence-corrected chi connectivity index (χ0v) is 13.7. The maximum atomic E-state index is 5.27. The van der Waals surface area contributed by atoms with Crippen LogP contribution in [-0.2, 0) is 0 Å². The van der Waals surface area contributed by atoms with Gasteiger partial charge in [0.15, 0.2) is 0 Å². The minimum atomic E-state index is 0.179. The molecule has 2 aromatic rings. The van der Waals surface area contributed by atoms with E-state index in [0.29, 0.717) is 0 Å². The molecule has 0 saturated heterocycles. The van der Waals surface area contributed by atoms with Crippen molar-refractivity contribution in [2.24, 2.45) is 0 Å². The van der Waals surface area contributed by atoms with Crippen molar-refractivity contribution in [2.45, 2.75) is 26.8 Å². The highest BCUT2D eigenvalue weighted by atomic mass is 79.9. The van der Waals surface area contributed by atoms with Gasteiger partial charge in [0.2, 0.25) is 0 Å². The van der Waals surface area contributed by atoms with E-state index in [2.05, 4.69) is 45.4 Å². The fourth-order valence-corrected chi connectivity index (χ4v) is 2.57. The molecule has 0 fully saturated rings. The van der Waals surface area contributed by atoms with Gasteiger partial charge in [0.25, 0.3) is 0 Å². The maximum absolute atomic E-state index is 5.27. The van der Waals surface area contributed by atoms with Crippen molar-refractivity contribution >= 4 is 15.9 Å². The molecule has 6 heteroatoms. The first kappa shape index (κ1) is 15.0. The molecule has 0 amide bonds. The van der Waals surface area contributed by atoms with Crippen LogP contribution in [0.25, 0.3) is 5.69 Å². The number of hydrogen-bond acceptors (Lipinski definition) is 4. The number of nitrogens with one attached hydrogen (secondary N) is 1. The van der Waals surface area contributed by atoms with Crippen LogP contribution >= 0.6 is 15.9 Å². The molecule has 1 unspecified atom stereocenters. The Balaban J connectivity index is 2.44. The smallest absolute Gasteiger partial charge is 0.121 e. The molecular formula is C14H19BrN4O. The fraction of sp³-hybridized carbons (Fsp3) is 0.429. The zero-order valence-electron chi connectivity index (χ0n) is 12.1. The van der Waals surface area contributed by atoms with E-state index in [1.54, 1.807) is 7.11 Å². The van der Waals surface area contributed by atoms with E-state index in [1.807, 2.05) is 29.8 Å². The predicted molar refractivity (Wildman–Crippen MR) is 82.4 cm³/mol. The number of nitrogens with zero attached hydrogens (tertiary/aromatic N) is 3. The van der Waals surface area contributed by atoms with Gasteiger partial charge in [-0.1, -0.05) is 12.1 Å². The van der Waals surface area contributed by atoms with Gasteiger partial charge in [0, 0.05) is 10.5 Å². The Hall–Kier alpha value is -1.40. The SMILES string of the molecule is CCNC(C)c1nnn(-c2cc(OC)ccc2Br)c1C. The van der Waals surface area contributed by atoms with E-state index in [9.17, 15) is 0 Å². The molecule has 0 bridgehead atoms. The Bertz CT molecular complexity index is 597. The summed E-state index contributed by atoms with van der Waals surface area (Å²) in [5, 5.41) is 11.9. The molecule has 0 radical (unpaired) electrons. The van der Waals surface area contributed by atoms with Crippen molar-refractivity contribution in [1.82, 2.24) is 20.3 Å². The summed E-state index contributed by atoms with van der Waals surface area (Å²) in [5.74, 6) is 0.791. The molecule has 0 aliphatic carbocycles. The Kier molecular flexibility index (Phi) is 4.77. The zero-order chi connectivity index (χ0) is 14.7. The molecule has 108 valence electrons. The minimum absolute atomic E-state index is 0.179. The van der Waals surface area contributed by atoms with Crippen molar-refractivity contribution in [3.05, 3.63) is 34.1 Å². The van der Waals surface area contributed by atoms with Gasteiger partial charge in [0.1, 0.15) is 11.4 Å². The maximum Gasteiger partial charge on any atom is 0.121 e. The van der Waals surface area contributed by atoms with Crippen LogP contribution in [0.1, 0.15) is 31.3 Å². The molecule has 0 saturated carbocycles. The summed E-state index contributed by atoms with van der Waals surface area (Å²) in [7, 11) is 1.65. The highest BCUT2D eigenvalue weighted by molar-refractivity contribution is 9.10. The van der Waals surface area contributed by atoms with Crippen LogP contribution in [-0.4, -0.2) is 28.6 Å². The average Bonchev–Trinajstić information content (AvgIpc) is 2.81. The van der Waals surface area contributed by atoms with E-state index in [4.69, 9.17) is 4.74 Å². The molecule has 0 aliphatic heterocycles. The van der Waals surface area contributed by atoms with E-state index < -0.39 is 0 Å². The number of benzene rings is 1. The standard InChI is InChI=1S/C14H19BrN4O/c1-5-16-9(2)14-10(3)19(18-17-14)13-8-11(20-4)6-7-12(13)15/h6-9,16H,5H2,1-4H3. The van der Waals surface area contributed by atoms with Gasteiger partial charge in [-0.15, -0.1) is 5.10 Å². The topological polar surface area (TPSA) is 52.0 Å². The molecule has 1 aromatic carbocycles. The summed E-state index contributed by atoms with van der Waals surface area (Å²) in [5.41, 5.74) is 2.90. The predicted octanol–water partition coefficient (Wildman–Crippen LogP) is 3.02. The summed E-state index contributed by atoms with van der Waals surface area (Å²) < 4.78 is 8.05. The lowest BCUT2D eigenvalue weighted by molar-refractivity contribution is 0.414. The molecule has 0 aliphatic rings. The van der Waals surface area contributed by atoms with Crippen molar-refractivity contribution in [2.75, 3.05) is 13.7 Å². The van der Waals surface area contributed by atoms with Gasteiger partial charge < -0.3 is 10.1 Å². The number of hydrogen-bond donors (Lipinski definition) is 1. The lowest BCUT2D eigenvalue weighted by Gasteiger charge is -2.11. The van der Waals surface area contributed by atoms with E-state index in [-0.39, 0.29) is 6.04 Å². The molecule has 1 aromatic heterocycles. The fourth-order valence-electron chi connectivity index (χ4n) is 2.15. The van der Waals surface area contributed by atoms with Gasteiger partial charge in [-0.05, 0) is 48.5 Å². The van der Waals surface area contributed by atoms with Gasteiger partial charge in [-0.3, -0.25) is 0 Å². The number of rotatable bonds is 5. The minimum Gasteiger partial charge on any atom is -0.497 e. The molecular weight excluding hydrogens is 320 g/mol. The number of methoxy groups -OCH3 is 1. The van der Waals surface area contributed by atoms with Crippen LogP contribution in [0.4, 0.5) is 0 Å². The first-order chi connectivity index (χ1) is 9.58. The normalized spacial score (nSPS) is 12.4. The molecule has 0 spiro atoms. The van der Waals surface area contributed by atoms with Gasteiger partial charge in [0.05, 0.1) is 24.5 Å². The molecule has 1 atom stereocenters. The third kappa shape index (κ3) is 2.86. The molecule has 1 heterocycles. The monoisotopic (exact) mass is 338 g/mol. The van der Waals surface area contributed by atoms with Crippen molar-refractivity contribution in [3.63, 3.8) is 0 Å². The third-order valence-corrected chi connectivity index (χ3v) is 3.90. The summed E-state index contributed by atoms with van der Waals surface area (Å²) in [6.07, 6.45) is 0. The average molecular weight is 339 g/mol. The van der Waals surface area contributed by atoms with Crippen molar-refractivity contribution in [1.29, 1.82) is 0 Å². The second-order valence-electron chi connectivity index (χ2n) is 4.57. The molecule has 20 heavy (non-hydrogen) atoms. The van der Waals surface area contributed by atoms with E-state index >= 15 is 0 Å². The van der Waals surface area contributed by atoms with Crippen molar-refractivity contribution in [3.8, 4) is 11.4 Å². The second kappa shape index (κ2) is 6.37. The van der Waals surface area contributed by atoms with Crippen LogP contribution < -0.4 is 10.1 Å². The molecule has 1 N–H and O–H groups in total. The van der Waals surface area contributed by atoms with Crippen LogP contribution in [0.3, 0.4) is 0 Å². The van der Waals surface area contributed by atoms with E-state index in [0.717, 1.165) is 33.8 Å². The number of ether oxygens (including phenoxy) is 1. The second-order valence-corrected chi connectivity index (χ2v) is 5.42. The van der Waals surface area contributed by atoms with Gasteiger partial charge in [-0.25, -0.2) is 4.68 Å². The Labute approximate surface area is 127 Å². The van der Waals surface area contributed by atoms with Gasteiger partial charge in [-0.2, -0.15) is 0 Å². The molecule has 5 nitrogen and oxygen atoms in total. The summed E-state index contributed by atoms with van der Waals surface area (Å²) in [6.45, 7) is 7.09. The van der Waals surface area contributed by atoms with Crippen LogP contribution in [0.2, 0.25) is 0 Å². The van der Waals surface area contributed by atoms with Crippen LogP contribution in [0, 0.1) is 6.92 Å². The Morgan fingerprint density at radius 1 is 1.45 bits per heavy atom. The lowest BCUT2D eigenvalue weighted by atomic mass is 10.2. The highest BCUT2D eigenvalue weighted by Gasteiger charge is 2.17. The first-order valence-corrected chi connectivity index (χ1v) is 7.37. The summed E-state index contributed by atoms with van der Waals surface area (Å²) in [4.78, 5) is 0. The molecule has 2 rings (SSSR count). The summed E-state index contributed by atoms with van der Waals surface area (Å²) in [6, 6.07) is 5.97. The quantitative estimate of drug-likeness (QED) is 0.910. The van der Waals surface area contributed by atoms with Crippen LogP contribution in [0.5, 0.6) is 5.75 Å². The highest BCUT2D eigenvalue weighted by Crippen LogP contribution is 2.27. The third-order valence-electron chi connectivity index (χ3n) is 3.23. The van der Waals surface area contributed by atoms with Crippen LogP contribution in [0.15, 0.2) is 22.7 Å². The number of halogens is 1. The largest absolute Gasteiger partial charge is 0.497 e. The first-order valence-electron chi connectivity index (χ1n) is 6.58. The Morgan fingerprint density at radius 3 is 2.85 bits per heavy atom. The Morgan fingerprint density at radius 2 is 2.20 bits per heavy atom. The van der Waals surface area contributed by atoms with E-state index in [1.165, 1.54) is 0 Å². The van der Waals surface area contributed by atoms with Gasteiger partial charge >= 0.3 is 0 Å². The lowest BCUT2D eigenvalue weighted by Crippen LogP contribution is -2.19.